The number of rotatable bonds is 8. The van der Waals surface area contributed by atoms with Gasteiger partial charge in [-0.15, -0.1) is 11.3 Å². The zero-order chi connectivity index (χ0) is 15.3. The lowest BCUT2D eigenvalue weighted by atomic mass is 10.2. The van der Waals surface area contributed by atoms with Crippen molar-refractivity contribution in [2.75, 3.05) is 6.54 Å². The van der Waals surface area contributed by atoms with Gasteiger partial charge in [0, 0.05) is 17.5 Å². The molecule has 2 aromatic rings. The summed E-state index contributed by atoms with van der Waals surface area (Å²) < 4.78 is 27.8. The highest BCUT2D eigenvalue weighted by Crippen LogP contribution is 2.24. The van der Waals surface area contributed by atoms with Crippen molar-refractivity contribution in [1.29, 1.82) is 0 Å². The quantitative estimate of drug-likeness (QED) is 0.722. The largest absolute Gasteiger partial charge is 0.312 e. The van der Waals surface area contributed by atoms with Gasteiger partial charge in [0.15, 0.2) is 0 Å². The molecule has 1 unspecified atom stereocenters. The van der Waals surface area contributed by atoms with E-state index in [0.29, 0.717) is 10.8 Å². The van der Waals surface area contributed by atoms with Crippen molar-refractivity contribution in [1.82, 2.24) is 10.0 Å². The fourth-order valence-electron chi connectivity index (χ4n) is 1.87. The normalized spacial score (nSPS) is 13.4. The van der Waals surface area contributed by atoms with Crippen LogP contribution in [-0.4, -0.2) is 15.0 Å². The van der Waals surface area contributed by atoms with Crippen LogP contribution < -0.4 is 10.0 Å². The third kappa shape index (κ3) is 4.62. The summed E-state index contributed by atoms with van der Waals surface area (Å²) >= 11 is 2.88. The maximum absolute atomic E-state index is 12.4. The third-order valence-electron chi connectivity index (χ3n) is 3.00. The summed E-state index contributed by atoms with van der Waals surface area (Å²) in [6, 6.07) is 5.27. The molecule has 0 fully saturated rings. The molecule has 1 atom stereocenters. The Bertz CT molecular complexity index is 648. The highest BCUT2D eigenvalue weighted by molar-refractivity contribution is 7.91. The highest BCUT2D eigenvalue weighted by atomic mass is 32.2. The number of thiophene rings is 2. The molecule has 0 aliphatic heterocycles. The topological polar surface area (TPSA) is 58.2 Å². The molecule has 21 heavy (non-hydrogen) atoms. The average Bonchev–Trinajstić information content (AvgIpc) is 3.10. The van der Waals surface area contributed by atoms with Crippen molar-refractivity contribution in [3.8, 4) is 0 Å². The summed E-state index contributed by atoms with van der Waals surface area (Å²) in [6.07, 6.45) is 1.07. The molecule has 2 aromatic heterocycles. The monoisotopic (exact) mass is 344 g/mol. The van der Waals surface area contributed by atoms with E-state index < -0.39 is 10.0 Å². The van der Waals surface area contributed by atoms with Gasteiger partial charge in [0.05, 0.1) is 0 Å². The predicted molar refractivity (Wildman–Crippen MR) is 89.4 cm³/mol. The Morgan fingerprint density at radius 2 is 2.10 bits per heavy atom. The van der Waals surface area contributed by atoms with E-state index in [9.17, 15) is 8.42 Å². The van der Waals surface area contributed by atoms with Crippen LogP contribution in [0.2, 0.25) is 0 Å². The van der Waals surface area contributed by atoms with Crippen molar-refractivity contribution in [2.24, 2.45) is 0 Å². The smallest absolute Gasteiger partial charge is 0.250 e. The Morgan fingerprint density at radius 3 is 2.76 bits per heavy atom. The summed E-state index contributed by atoms with van der Waals surface area (Å²) in [5.41, 5.74) is 0.991. The Balaban J connectivity index is 2.02. The standard InChI is InChI=1S/C14H20N2O2S3/c1-3-7-15-9-13-4-5-14(20-13)21(17,18)16-11(2)12-6-8-19-10-12/h4-6,8,10-11,15-16H,3,7,9H2,1-2H3. The van der Waals surface area contributed by atoms with E-state index in [0.717, 1.165) is 23.4 Å². The van der Waals surface area contributed by atoms with Crippen molar-refractivity contribution >= 4 is 32.7 Å². The third-order valence-corrected chi connectivity index (χ3v) is 6.82. The lowest BCUT2D eigenvalue weighted by Crippen LogP contribution is -2.25. The van der Waals surface area contributed by atoms with E-state index in [1.807, 2.05) is 29.8 Å². The summed E-state index contributed by atoms with van der Waals surface area (Å²) in [6.45, 7) is 5.62. The molecule has 0 radical (unpaired) electrons. The van der Waals surface area contributed by atoms with Crippen molar-refractivity contribution < 1.29 is 8.42 Å². The van der Waals surface area contributed by atoms with Crippen LogP contribution in [0.15, 0.2) is 33.2 Å². The zero-order valence-electron chi connectivity index (χ0n) is 12.1. The molecule has 0 amide bonds. The molecular formula is C14H20N2O2S3. The second-order valence-electron chi connectivity index (χ2n) is 4.80. The molecule has 0 aromatic carbocycles. The van der Waals surface area contributed by atoms with Gasteiger partial charge < -0.3 is 5.32 Å². The fourth-order valence-corrected chi connectivity index (χ4v) is 5.19. The molecule has 0 aliphatic rings. The Hall–Kier alpha value is -0.730. The molecule has 116 valence electrons. The molecule has 7 heteroatoms. The van der Waals surface area contributed by atoms with E-state index >= 15 is 0 Å². The highest BCUT2D eigenvalue weighted by Gasteiger charge is 2.20. The lowest BCUT2D eigenvalue weighted by Gasteiger charge is -2.11. The van der Waals surface area contributed by atoms with Crippen LogP contribution in [0.3, 0.4) is 0 Å². The van der Waals surface area contributed by atoms with E-state index in [-0.39, 0.29) is 6.04 Å². The zero-order valence-corrected chi connectivity index (χ0v) is 14.6. The van der Waals surface area contributed by atoms with E-state index in [4.69, 9.17) is 0 Å². The minimum absolute atomic E-state index is 0.218. The average molecular weight is 345 g/mol. The minimum atomic E-state index is -3.45. The van der Waals surface area contributed by atoms with Crippen LogP contribution in [-0.2, 0) is 16.6 Å². The molecule has 2 rings (SSSR count). The van der Waals surface area contributed by atoms with Gasteiger partial charge in [-0.3, -0.25) is 0 Å². The minimum Gasteiger partial charge on any atom is -0.312 e. The van der Waals surface area contributed by atoms with Gasteiger partial charge in [0.1, 0.15) is 4.21 Å². The Labute approximate surface area is 134 Å². The Morgan fingerprint density at radius 1 is 1.29 bits per heavy atom. The predicted octanol–water partition coefficient (Wildman–Crippen LogP) is 3.35. The van der Waals surface area contributed by atoms with E-state index in [1.54, 1.807) is 17.4 Å². The maximum Gasteiger partial charge on any atom is 0.250 e. The first-order valence-corrected chi connectivity index (χ1v) is 10.1. The summed E-state index contributed by atoms with van der Waals surface area (Å²) in [5, 5.41) is 7.18. The van der Waals surface area contributed by atoms with Crippen LogP contribution in [0.25, 0.3) is 0 Å². The van der Waals surface area contributed by atoms with E-state index in [2.05, 4.69) is 17.0 Å². The number of sulfonamides is 1. The molecule has 0 saturated carbocycles. The van der Waals surface area contributed by atoms with Crippen molar-refractivity contribution in [3.05, 3.63) is 39.4 Å². The van der Waals surface area contributed by atoms with Gasteiger partial charge in [0.2, 0.25) is 0 Å². The number of hydrogen-bond acceptors (Lipinski definition) is 5. The van der Waals surface area contributed by atoms with Crippen LogP contribution in [0.5, 0.6) is 0 Å². The summed E-state index contributed by atoms with van der Waals surface area (Å²) in [4.78, 5) is 1.03. The summed E-state index contributed by atoms with van der Waals surface area (Å²) in [7, 11) is -3.45. The molecule has 0 aliphatic carbocycles. The van der Waals surface area contributed by atoms with E-state index in [1.165, 1.54) is 11.3 Å². The van der Waals surface area contributed by atoms with Gasteiger partial charge >= 0.3 is 0 Å². The molecular weight excluding hydrogens is 324 g/mol. The molecule has 0 saturated heterocycles. The summed E-state index contributed by atoms with van der Waals surface area (Å²) in [5.74, 6) is 0. The molecule has 2 heterocycles. The van der Waals surface area contributed by atoms with Gasteiger partial charge in [-0.25, -0.2) is 13.1 Å². The SMILES string of the molecule is CCCNCc1ccc(S(=O)(=O)NC(C)c2ccsc2)s1. The maximum atomic E-state index is 12.4. The first-order valence-electron chi connectivity index (χ1n) is 6.87. The van der Waals surface area contributed by atoms with Crippen LogP contribution in [0.4, 0.5) is 0 Å². The van der Waals surface area contributed by atoms with Crippen LogP contribution >= 0.6 is 22.7 Å². The van der Waals surface area contributed by atoms with Gasteiger partial charge in [-0.05, 0) is 54.4 Å². The number of hydrogen-bond donors (Lipinski definition) is 2. The number of nitrogens with one attached hydrogen (secondary N) is 2. The molecule has 2 N–H and O–H groups in total. The van der Waals surface area contributed by atoms with Crippen LogP contribution in [0, 0.1) is 0 Å². The first kappa shape index (κ1) is 16.6. The lowest BCUT2D eigenvalue weighted by molar-refractivity contribution is 0.569. The molecule has 0 spiro atoms. The fraction of sp³-hybridized carbons (Fsp3) is 0.429. The van der Waals surface area contributed by atoms with Gasteiger partial charge in [-0.1, -0.05) is 6.92 Å². The Kier molecular flexibility index (Phi) is 5.95. The second-order valence-corrected chi connectivity index (χ2v) is 8.69. The van der Waals surface area contributed by atoms with Crippen molar-refractivity contribution in [3.63, 3.8) is 0 Å². The van der Waals surface area contributed by atoms with Crippen LogP contribution in [0.1, 0.15) is 36.8 Å². The first-order chi connectivity index (χ1) is 10.0. The van der Waals surface area contributed by atoms with Crippen molar-refractivity contribution in [2.45, 2.75) is 37.1 Å². The van der Waals surface area contributed by atoms with Gasteiger partial charge in [0.25, 0.3) is 10.0 Å². The molecule has 0 bridgehead atoms. The molecule has 4 nitrogen and oxygen atoms in total. The second kappa shape index (κ2) is 7.51. The van der Waals surface area contributed by atoms with Gasteiger partial charge in [-0.2, -0.15) is 11.3 Å².